The fourth-order valence-corrected chi connectivity index (χ4v) is 3.51. The van der Waals surface area contributed by atoms with Crippen molar-refractivity contribution in [3.63, 3.8) is 0 Å². The van der Waals surface area contributed by atoms with Gasteiger partial charge in [-0.25, -0.2) is 0 Å². The summed E-state index contributed by atoms with van der Waals surface area (Å²) < 4.78 is 0. The van der Waals surface area contributed by atoms with Crippen LogP contribution in [0.5, 0.6) is 0 Å². The summed E-state index contributed by atoms with van der Waals surface area (Å²) in [5.41, 5.74) is 0.629. The molecule has 0 aliphatic heterocycles. The molecular weight excluding hydrogens is 272 g/mol. The summed E-state index contributed by atoms with van der Waals surface area (Å²) in [5.74, 6) is 1.99. The first kappa shape index (κ1) is 17.6. The van der Waals surface area contributed by atoms with E-state index < -0.39 is 0 Å². The van der Waals surface area contributed by atoms with E-state index in [2.05, 4.69) is 41.3 Å². The highest BCUT2D eigenvalue weighted by Crippen LogP contribution is 2.60. The van der Waals surface area contributed by atoms with Crippen LogP contribution >= 0.6 is 0 Å². The maximum atomic E-state index is 4.40. The van der Waals surface area contributed by atoms with Crippen molar-refractivity contribution in [1.82, 2.24) is 15.5 Å². The van der Waals surface area contributed by atoms with Crippen molar-refractivity contribution in [3.8, 4) is 0 Å². The van der Waals surface area contributed by atoms with Gasteiger partial charge in [0, 0.05) is 19.6 Å². The number of hydrogen-bond acceptors (Lipinski definition) is 2. The van der Waals surface area contributed by atoms with Crippen LogP contribution in [-0.4, -0.2) is 50.1 Å². The second kappa shape index (κ2) is 8.19. The van der Waals surface area contributed by atoms with Gasteiger partial charge in [0.05, 0.1) is 0 Å². The van der Waals surface area contributed by atoms with Gasteiger partial charge in [-0.1, -0.05) is 13.8 Å². The lowest BCUT2D eigenvalue weighted by Crippen LogP contribution is -2.44. The molecule has 2 aliphatic carbocycles. The molecule has 4 heteroatoms. The maximum absolute atomic E-state index is 4.40. The van der Waals surface area contributed by atoms with Gasteiger partial charge >= 0.3 is 0 Å². The number of guanidine groups is 1. The van der Waals surface area contributed by atoms with Gasteiger partial charge in [0.2, 0.25) is 0 Å². The molecule has 2 fully saturated rings. The molecule has 2 saturated carbocycles. The summed E-state index contributed by atoms with van der Waals surface area (Å²) in [7, 11) is 1.88. The number of rotatable bonds is 10. The van der Waals surface area contributed by atoms with Gasteiger partial charge in [-0.3, -0.25) is 4.99 Å². The van der Waals surface area contributed by atoms with Crippen LogP contribution in [0.2, 0.25) is 0 Å². The van der Waals surface area contributed by atoms with Crippen LogP contribution in [0.1, 0.15) is 59.3 Å². The highest BCUT2D eigenvalue weighted by molar-refractivity contribution is 5.80. The van der Waals surface area contributed by atoms with E-state index >= 15 is 0 Å². The monoisotopic (exact) mass is 308 g/mol. The molecule has 0 aromatic heterocycles. The molecule has 22 heavy (non-hydrogen) atoms. The standard InChI is InChI=1S/C18H36N4/c1-5-22(6-2)13-7-8-15(3)21-17(19-4)20-14-18(11-12-18)16-9-10-16/h15-16H,5-14H2,1-4H3,(H2,19,20,21). The van der Waals surface area contributed by atoms with E-state index in [9.17, 15) is 0 Å². The van der Waals surface area contributed by atoms with Crippen molar-refractivity contribution in [2.24, 2.45) is 16.3 Å². The average Bonchev–Trinajstić information content (AvgIpc) is 3.39. The summed E-state index contributed by atoms with van der Waals surface area (Å²) in [6.45, 7) is 11.4. The van der Waals surface area contributed by atoms with E-state index in [1.54, 1.807) is 0 Å². The number of aliphatic imine (C=N–C) groups is 1. The number of nitrogens with zero attached hydrogens (tertiary/aromatic N) is 2. The minimum atomic E-state index is 0.484. The van der Waals surface area contributed by atoms with E-state index in [1.807, 2.05) is 7.05 Å². The molecule has 0 spiro atoms. The Hall–Kier alpha value is -0.770. The highest BCUT2D eigenvalue weighted by Gasteiger charge is 2.53. The fraction of sp³-hybridized carbons (Fsp3) is 0.944. The minimum Gasteiger partial charge on any atom is -0.356 e. The van der Waals surface area contributed by atoms with Crippen molar-refractivity contribution in [2.45, 2.75) is 65.3 Å². The lowest BCUT2D eigenvalue weighted by molar-refractivity contribution is 0.292. The summed E-state index contributed by atoms with van der Waals surface area (Å²) in [6, 6.07) is 0.484. The van der Waals surface area contributed by atoms with E-state index in [1.165, 1.54) is 45.1 Å². The molecule has 2 aliphatic rings. The molecule has 0 aromatic carbocycles. The topological polar surface area (TPSA) is 39.7 Å². The molecule has 2 rings (SSSR count). The Kier molecular flexibility index (Phi) is 6.54. The van der Waals surface area contributed by atoms with Crippen molar-refractivity contribution < 1.29 is 0 Å². The van der Waals surface area contributed by atoms with Gasteiger partial charge < -0.3 is 15.5 Å². The third kappa shape index (κ3) is 5.15. The summed E-state index contributed by atoms with van der Waals surface area (Å²) in [6.07, 6.45) is 8.19. The van der Waals surface area contributed by atoms with Gasteiger partial charge in [-0.15, -0.1) is 0 Å². The van der Waals surface area contributed by atoms with Crippen molar-refractivity contribution in [1.29, 1.82) is 0 Å². The van der Waals surface area contributed by atoms with Gasteiger partial charge in [0.1, 0.15) is 0 Å². The molecule has 0 aromatic rings. The van der Waals surface area contributed by atoms with Gasteiger partial charge in [0.25, 0.3) is 0 Å². The Morgan fingerprint density at radius 3 is 2.45 bits per heavy atom. The van der Waals surface area contributed by atoms with Crippen LogP contribution < -0.4 is 10.6 Å². The molecular formula is C18H36N4. The first-order valence-corrected chi connectivity index (χ1v) is 9.33. The zero-order valence-corrected chi connectivity index (χ0v) is 15.1. The van der Waals surface area contributed by atoms with E-state index in [4.69, 9.17) is 0 Å². The molecule has 0 radical (unpaired) electrons. The summed E-state index contributed by atoms with van der Waals surface area (Å²) >= 11 is 0. The van der Waals surface area contributed by atoms with Crippen LogP contribution in [0.4, 0.5) is 0 Å². The minimum absolute atomic E-state index is 0.484. The van der Waals surface area contributed by atoms with Crippen LogP contribution in [-0.2, 0) is 0 Å². The Morgan fingerprint density at radius 2 is 1.95 bits per heavy atom. The number of nitrogens with one attached hydrogen (secondary N) is 2. The molecule has 1 unspecified atom stereocenters. The maximum Gasteiger partial charge on any atom is 0.191 e. The van der Waals surface area contributed by atoms with Crippen molar-refractivity contribution in [2.75, 3.05) is 33.2 Å². The largest absolute Gasteiger partial charge is 0.356 e. The average molecular weight is 309 g/mol. The molecule has 1 atom stereocenters. The normalized spacial score (nSPS) is 21.8. The number of hydrogen-bond donors (Lipinski definition) is 2. The molecule has 0 amide bonds. The van der Waals surface area contributed by atoms with E-state index in [0.29, 0.717) is 11.5 Å². The third-order valence-corrected chi connectivity index (χ3v) is 5.56. The first-order valence-electron chi connectivity index (χ1n) is 9.33. The second-order valence-electron chi connectivity index (χ2n) is 7.28. The quantitative estimate of drug-likeness (QED) is 0.481. The predicted molar refractivity (Wildman–Crippen MR) is 95.4 cm³/mol. The Bertz CT molecular complexity index is 354. The van der Waals surface area contributed by atoms with E-state index in [0.717, 1.165) is 31.5 Å². The first-order chi connectivity index (χ1) is 10.6. The molecule has 2 N–H and O–H groups in total. The SMILES string of the molecule is CCN(CC)CCCC(C)NC(=NC)NCC1(C2CC2)CC1. The molecule has 4 nitrogen and oxygen atoms in total. The van der Waals surface area contributed by atoms with Crippen molar-refractivity contribution >= 4 is 5.96 Å². The molecule has 128 valence electrons. The van der Waals surface area contributed by atoms with Crippen LogP contribution in [0, 0.1) is 11.3 Å². The Balaban J connectivity index is 1.62. The predicted octanol–water partition coefficient (Wildman–Crippen LogP) is 2.85. The van der Waals surface area contributed by atoms with Crippen molar-refractivity contribution in [3.05, 3.63) is 0 Å². The van der Waals surface area contributed by atoms with Gasteiger partial charge in [-0.2, -0.15) is 0 Å². The van der Waals surface area contributed by atoms with Crippen LogP contribution in [0.25, 0.3) is 0 Å². The van der Waals surface area contributed by atoms with E-state index in [-0.39, 0.29) is 0 Å². The Labute approximate surface area is 137 Å². The smallest absolute Gasteiger partial charge is 0.191 e. The van der Waals surface area contributed by atoms with Gasteiger partial charge in [-0.05, 0) is 76.4 Å². The molecule has 0 saturated heterocycles. The van der Waals surface area contributed by atoms with Crippen LogP contribution in [0.15, 0.2) is 4.99 Å². The van der Waals surface area contributed by atoms with Crippen LogP contribution in [0.3, 0.4) is 0 Å². The zero-order valence-electron chi connectivity index (χ0n) is 15.1. The fourth-order valence-electron chi connectivity index (χ4n) is 3.51. The molecule has 0 heterocycles. The summed E-state index contributed by atoms with van der Waals surface area (Å²) in [5, 5.41) is 7.13. The Morgan fingerprint density at radius 1 is 1.27 bits per heavy atom. The second-order valence-corrected chi connectivity index (χ2v) is 7.28. The lowest BCUT2D eigenvalue weighted by Gasteiger charge is -2.22. The van der Waals surface area contributed by atoms with Gasteiger partial charge in [0.15, 0.2) is 5.96 Å². The zero-order chi connectivity index (χ0) is 16.0. The summed E-state index contributed by atoms with van der Waals surface area (Å²) in [4.78, 5) is 6.89. The molecule has 0 bridgehead atoms. The lowest BCUT2D eigenvalue weighted by atomic mass is 10.0. The highest BCUT2D eigenvalue weighted by atomic mass is 15.2. The third-order valence-electron chi connectivity index (χ3n) is 5.56.